The highest BCUT2D eigenvalue weighted by atomic mass is 35.5. The summed E-state index contributed by atoms with van der Waals surface area (Å²) >= 11 is 5.97. The summed E-state index contributed by atoms with van der Waals surface area (Å²) in [6.45, 7) is -0.560. The van der Waals surface area contributed by atoms with Crippen LogP contribution in [0.15, 0.2) is 71.6 Å². The fourth-order valence-electron chi connectivity index (χ4n) is 2.56. The molecule has 0 aromatic heterocycles. The number of hydrogen-bond donors (Lipinski definition) is 3. The van der Waals surface area contributed by atoms with Crippen LogP contribution in [0.4, 0.5) is 10.1 Å². The van der Waals surface area contributed by atoms with Crippen molar-refractivity contribution in [2.75, 3.05) is 11.3 Å². The summed E-state index contributed by atoms with van der Waals surface area (Å²) in [5, 5.41) is 10.8. The average molecular weight is 479 g/mol. The first-order valence-electron chi connectivity index (χ1n) is 9.00. The van der Waals surface area contributed by atoms with Gasteiger partial charge in [0.1, 0.15) is 18.1 Å². The molecule has 1 amide bonds. The zero-order valence-corrected chi connectivity index (χ0v) is 17.8. The van der Waals surface area contributed by atoms with E-state index in [1.807, 2.05) is 0 Å². The third-order valence-electron chi connectivity index (χ3n) is 4.07. The fourth-order valence-corrected chi connectivity index (χ4v) is 3.84. The van der Waals surface area contributed by atoms with Crippen molar-refractivity contribution in [2.45, 2.75) is 4.90 Å². The van der Waals surface area contributed by atoms with Crippen molar-refractivity contribution < 1.29 is 32.2 Å². The first-order chi connectivity index (χ1) is 15.2. The van der Waals surface area contributed by atoms with Gasteiger partial charge in [-0.05, 0) is 54.6 Å². The lowest BCUT2D eigenvalue weighted by Crippen LogP contribution is -2.29. The van der Waals surface area contributed by atoms with Crippen LogP contribution in [0.3, 0.4) is 0 Å². The summed E-state index contributed by atoms with van der Waals surface area (Å²) in [7, 11) is -4.06. The van der Waals surface area contributed by atoms with Crippen LogP contribution in [-0.2, 0) is 14.8 Å². The number of carboxylic acid groups (broad SMARTS) is 1. The second-order valence-corrected chi connectivity index (χ2v) is 8.47. The number of rotatable bonds is 8. The van der Waals surface area contributed by atoms with Crippen molar-refractivity contribution in [2.24, 2.45) is 0 Å². The quantitative estimate of drug-likeness (QED) is 0.451. The van der Waals surface area contributed by atoms with Crippen molar-refractivity contribution in [3.8, 4) is 11.5 Å². The largest absolute Gasteiger partial charge is 0.480 e. The molecule has 3 aromatic carbocycles. The Balaban J connectivity index is 1.79. The van der Waals surface area contributed by atoms with Gasteiger partial charge >= 0.3 is 5.97 Å². The number of anilines is 1. The molecule has 0 aliphatic heterocycles. The van der Waals surface area contributed by atoms with Gasteiger partial charge in [-0.3, -0.25) is 14.3 Å². The van der Waals surface area contributed by atoms with Crippen molar-refractivity contribution in [3.05, 3.63) is 83.1 Å². The average Bonchev–Trinajstić information content (AvgIpc) is 2.75. The van der Waals surface area contributed by atoms with E-state index in [9.17, 15) is 22.4 Å². The number of ether oxygens (including phenoxy) is 1. The molecular weight excluding hydrogens is 463 g/mol. The van der Waals surface area contributed by atoms with E-state index in [-0.39, 0.29) is 32.7 Å². The third-order valence-corrected chi connectivity index (χ3v) is 5.75. The van der Waals surface area contributed by atoms with Crippen LogP contribution in [0.5, 0.6) is 11.5 Å². The number of halogens is 2. The van der Waals surface area contributed by atoms with Crippen LogP contribution >= 0.6 is 11.6 Å². The number of carbonyl (C=O) groups is 2. The molecule has 3 aromatic rings. The van der Waals surface area contributed by atoms with E-state index in [0.29, 0.717) is 0 Å². The molecule has 32 heavy (non-hydrogen) atoms. The molecule has 0 unspecified atom stereocenters. The SMILES string of the molecule is O=C(O)CNC(=O)c1ccc(S(=O)(=O)Nc2ccccc2Oc2ccc(F)cc2Cl)cc1. The second-order valence-electron chi connectivity index (χ2n) is 6.38. The Labute approximate surface area is 187 Å². The highest BCUT2D eigenvalue weighted by Crippen LogP contribution is 2.34. The van der Waals surface area contributed by atoms with Gasteiger partial charge in [0.15, 0.2) is 5.75 Å². The molecular formula is C21H16ClFN2O6S. The van der Waals surface area contributed by atoms with Crippen LogP contribution in [0, 0.1) is 5.82 Å². The second kappa shape index (κ2) is 9.67. The van der Waals surface area contributed by atoms with E-state index in [0.717, 1.165) is 12.1 Å². The van der Waals surface area contributed by atoms with E-state index in [4.69, 9.17) is 21.4 Å². The zero-order chi connectivity index (χ0) is 23.3. The standard InChI is InChI=1S/C21H16ClFN2O6S/c22-16-11-14(23)7-10-18(16)31-19-4-2-1-3-17(19)25-32(29,30)15-8-5-13(6-9-15)21(28)24-12-20(26)27/h1-11,25H,12H2,(H,24,28)(H,26,27). The molecule has 0 spiro atoms. The Morgan fingerprint density at radius 3 is 2.34 bits per heavy atom. The Morgan fingerprint density at radius 1 is 1.00 bits per heavy atom. The highest BCUT2D eigenvalue weighted by molar-refractivity contribution is 7.92. The van der Waals surface area contributed by atoms with E-state index < -0.39 is 34.3 Å². The van der Waals surface area contributed by atoms with Gasteiger partial charge in [-0.2, -0.15) is 0 Å². The number of aliphatic carboxylic acids is 1. The highest BCUT2D eigenvalue weighted by Gasteiger charge is 2.18. The summed E-state index contributed by atoms with van der Waals surface area (Å²) in [6, 6.07) is 14.7. The van der Waals surface area contributed by atoms with Crippen LogP contribution in [-0.4, -0.2) is 31.9 Å². The lowest BCUT2D eigenvalue weighted by Gasteiger charge is -2.14. The van der Waals surface area contributed by atoms with Crippen LogP contribution < -0.4 is 14.8 Å². The molecule has 0 fully saturated rings. The molecule has 0 atom stereocenters. The van der Waals surface area contributed by atoms with E-state index in [2.05, 4.69) is 10.0 Å². The Hall–Kier alpha value is -3.63. The first-order valence-corrected chi connectivity index (χ1v) is 10.9. The molecule has 0 aliphatic carbocycles. The minimum atomic E-state index is -4.06. The number of benzene rings is 3. The van der Waals surface area contributed by atoms with Gasteiger partial charge in [0.25, 0.3) is 15.9 Å². The molecule has 0 radical (unpaired) electrons. The smallest absolute Gasteiger partial charge is 0.322 e. The van der Waals surface area contributed by atoms with Crippen LogP contribution in [0.25, 0.3) is 0 Å². The minimum absolute atomic E-state index is 0.0134. The molecule has 11 heteroatoms. The van der Waals surface area contributed by atoms with E-state index in [1.165, 1.54) is 42.5 Å². The Kier molecular flexibility index (Phi) is 6.96. The molecule has 0 aliphatic rings. The Morgan fingerprint density at radius 2 is 1.69 bits per heavy atom. The number of hydrogen-bond acceptors (Lipinski definition) is 5. The maximum Gasteiger partial charge on any atom is 0.322 e. The van der Waals surface area contributed by atoms with E-state index >= 15 is 0 Å². The van der Waals surface area contributed by atoms with Crippen molar-refractivity contribution >= 4 is 39.2 Å². The van der Waals surface area contributed by atoms with Gasteiger partial charge in [0.05, 0.1) is 15.6 Å². The van der Waals surface area contributed by atoms with Crippen molar-refractivity contribution in [3.63, 3.8) is 0 Å². The summed E-state index contributed by atoms with van der Waals surface area (Å²) in [6.07, 6.45) is 0. The summed E-state index contributed by atoms with van der Waals surface area (Å²) in [5.41, 5.74) is 0.205. The molecule has 8 nitrogen and oxygen atoms in total. The normalized spacial score (nSPS) is 10.9. The molecule has 0 bridgehead atoms. The van der Waals surface area contributed by atoms with Gasteiger partial charge in [0, 0.05) is 5.56 Å². The topological polar surface area (TPSA) is 122 Å². The Bertz CT molecular complexity index is 1270. The molecule has 0 saturated heterocycles. The molecule has 3 rings (SSSR count). The predicted molar refractivity (Wildman–Crippen MR) is 115 cm³/mol. The predicted octanol–water partition coefficient (Wildman–Crippen LogP) is 3.89. The maximum absolute atomic E-state index is 13.2. The van der Waals surface area contributed by atoms with Crippen molar-refractivity contribution in [1.82, 2.24) is 5.32 Å². The van der Waals surface area contributed by atoms with Gasteiger partial charge in [-0.15, -0.1) is 0 Å². The number of carbonyl (C=O) groups excluding carboxylic acids is 1. The summed E-state index contributed by atoms with van der Waals surface area (Å²) in [5.74, 6) is -2.13. The number of nitrogens with one attached hydrogen (secondary N) is 2. The maximum atomic E-state index is 13.2. The molecule has 0 heterocycles. The fraction of sp³-hybridized carbons (Fsp3) is 0.0476. The number of para-hydroxylation sites is 2. The van der Waals surface area contributed by atoms with Gasteiger partial charge in [0.2, 0.25) is 0 Å². The third kappa shape index (κ3) is 5.74. The van der Waals surface area contributed by atoms with Gasteiger partial charge in [-0.1, -0.05) is 23.7 Å². The van der Waals surface area contributed by atoms with Gasteiger partial charge in [-0.25, -0.2) is 12.8 Å². The molecule has 0 saturated carbocycles. The number of carboxylic acids is 1. The zero-order valence-electron chi connectivity index (χ0n) is 16.2. The van der Waals surface area contributed by atoms with Gasteiger partial charge < -0.3 is 15.2 Å². The number of sulfonamides is 1. The van der Waals surface area contributed by atoms with E-state index in [1.54, 1.807) is 12.1 Å². The molecule has 166 valence electrons. The monoisotopic (exact) mass is 478 g/mol. The van der Waals surface area contributed by atoms with Crippen LogP contribution in [0.1, 0.15) is 10.4 Å². The lowest BCUT2D eigenvalue weighted by molar-refractivity contribution is -0.135. The van der Waals surface area contributed by atoms with Crippen LogP contribution in [0.2, 0.25) is 5.02 Å². The number of amides is 1. The summed E-state index contributed by atoms with van der Waals surface area (Å²) in [4.78, 5) is 22.3. The first kappa shape index (κ1) is 23.0. The van der Waals surface area contributed by atoms with Crippen molar-refractivity contribution in [1.29, 1.82) is 0 Å². The summed E-state index contributed by atoms with van der Waals surface area (Å²) < 4.78 is 46.9. The lowest BCUT2D eigenvalue weighted by atomic mass is 10.2. The minimum Gasteiger partial charge on any atom is -0.480 e. The molecule has 3 N–H and O–H groups in total.